The Labute approximate surface area is 117 Å². The molecule has 10 nitrogen and oxygen atoms in total. The van der Waals surface area contributed by atoms with E-state index in [1.54, 1.807) is 0 Å². The molecule has 0 amide bonds. The topological polar surface area (TPSA) is 149 Å². The van der Waals surface area contributed by atoms with Gasteiger partial charge in [-0.1, -0.05) is 5.11 Å². The number of rotatable bonds is 3. The maximum absolute atomic E-state index is 10.1. The molecule has 0 spiro atoms. The molecule has 2 aromatic heterocycles. The summed E-state index contributed by atoms with van der Waals surface area (Å²) in [5, 5.41) is 37.4. The Hall–Kier alpha value is -2.23. The average Bonchev–Trinajstić information content (AvgIpc) is 3.04. The highest BCUT2D eigenvalue weighted by molar-refractivity contribution is 5.86. The lowest BCUT2D eigenvalue weighted by atomic mass is 10.1. The minimum Gasteiger partial charge on any atom is -0.391 e. The number of azide groups is 1. The Bertz CT molecular complexity index is 727. The maximum Gasteiger partial charge on any atom is 0.214 e. The molecule has 3 N–H and O–H groups in total. The minimum atomic E-state index is -1.62. The summed E-state index contributed by atoms with van der Waals surface area (Å²) in [7, 11) is 0. The van der Waals surface area contributed by atoms with Crippen LogP contribution in [0.4, 0.5) is 5.69 Å². The van der Waals surface area contributed by atoms with E-state index in [9.17, 15) is 15.3 Å². The lowest BCUT2D eigenvalue weighted by molar-refractivity contribution is -0.156. The van der Waals surface area contributed by atoms with Crippen LogP contribution >= 0.6 is 0 Å². The molecule has 0 bridgehead atoms. The number of aliphatic hydroxyl groups excluding tert-OH is 3. The van der Waals surface area contributed by atoms with Gasteiger partial charge in [-0.3, -0.25) is 0 Å². The van der Waals surface area contributed by atoms with Crippen molar-refractivity contribution >= 4 is 16.7 Å². The summed E-state index contributed by atoms with van der Waals surface area (Å²) in [6.07, 6.45) is 0.296. The van der Waals surface area contributed by atoms with Crippen molar-refractivity contribution in [1.82, 2.24) is 14.8 Å². The second-order valence-electron chi connectivity index (χ2n) is 4.64. The van der Waals surface area contributed by atoms with Crippen LogP contribution in [0.2, 0.25) is 0 Å². The van der Waals surface area contributed by atoms with Crippen molar-refractivity contribution in [1.29, 1.82) is 0 Å². The van der Waals surface area contributed by atoms with Gasteiger partial charge in [-0.2, -0.15) is 5.10 Å². The molecular weight excluding hydrogens is 280 g/mol. The first-order chi connectivity index (χ1) is 10.1. The first kappa shape index (κ1) is 13.7. The van der Waals surface area contributed by atoms with Crippen molar-refractivity contribution in [2.75, 3.05) is 13.2 Å². The van der Waals surface area contributed by atoms with Crippen LogP contribution in [-0.4, -0.2) is 55.5 Å². The van der Waals surface area contributed by atoms with Crippen LogP contribution in [-0.2, 0) is 10.5 Å². The highest BCUT2D eigenvalue weighted by Crippen LogP contribution is 2.34. The zero-order chi connectivity index (χ0) is 15.0. The van der Waals surface area contributed by atoms with Gasteiger partial charge < -0.3 is 20.1 Å². The Morgan fingerprint density at radius 2 is 2.38 bits per heavy atom. The summed E-state index contributed by atoms with van der Waals surface area (Å²) in [5.74, 6) is 0. The Kier molecular flexibility index (Phi) is 3.24. The van der Waals surface area contributed by atoms with E-state index in [0.29, 0.717) is 11.1 Å². The molecule has 110 valence electrons. The van der Waals surface area contributed by atoms with Gasteiger partial charge in [0.2, 0.25) is 5.72 Å². The standard InChI is InChI=1S/C11H12N6O4/c12-16-15-7-1-2-13-10-6(7)3-14-17(10)11(5-18)9(20)8(19)4-21-11/h1-3,8-9,18-20H,4-5H2/t8-,9-,11-/m0/s1. The number of ether oxygens (including phenoxy) is 1. The van der Waals surface area contributed by atoms with E-state index in [4.69, 9.17) is 10.3 Å². The summed E-state index contributed by atoms with van der Waals surface area (Å²) in [4.78, 5) is 6.83. The van der Waals surface area contributed by atoms with E-state index in [0.717, 1.165) is 0 Å². The third kappa shape index (κ3) is 1.86. The first-order valence-corrected chi connectivity index (χ1v) is 6.13. The van der Waals surface area contributed by atoms with Gasteiger partial charge >= 0.3 is 0 Å². The molecule has 2 aromatic rings. The van der Waals surface area contributed by atoms with E-state index in [-0.39, 0.29) is 12.3 Å². The van der Waals surface area contributed by atoms with E-state index in [2.05, 4.69) is 20.1 Å². The monoisotopic (exact) mass is 292 g/mol. The average molecular weight is 292 g/mol. The smallest absolute Gasteiger partial charge is 0.214 e. The molecule has 1 saturated heterocycles. The number of aliphatic hydroxyl groups is 3. The first-order valence-electron chi connectivity index (χ1n) is 6.13. The molecule has 3 heterocycles. The molecule has 0 radical (unpaired) electrons. The van der Waals surface area contributed by atoms with E-state index >= 15 is 0 Å². The van der Waals surface area contributed by atoms with Gasteiger partial charge in [0, 0.05) is 16.5 Å². The Morgan fingerprint density at radius 3 is 3.00 bits per heavy atom. The Balaban J connectivity index is 2.21. The largest absolute Gasteiger partial charge is 0.391 e. The summed E-state index contributed by atoms with van der Waals surface area (Å²) < 4.78 is 6.57. The van der Waals surface area contributed by atoms with Gasteiger partial charge in [0.25, 0.3) is 0 Å². The molecule has 0 aromatic carbocycles. The van der Waals surface area contributed by atoms with Crippen molar-refractivity contribution < 1.29 is 20.1 Å². The van der Waals surface area contributed by atoms with Crippen molar-refractivity contribution in [3.63, 3.8) is 0 Å². The SMILES string of the molecule is [N-]=[N+]=Nc1ccnc2c1cnn2[C@@]1(CO)OC[C@H](O)[C@@H]1O. The number of hydrogen-bond donors (Lipinski definition) is 3. The van der Waals surface area contributed by atoms with Gasteiger partial charge in [0.1, 0.15) is 12.2 Å². The summed E-state index contributed by atoms with van der Waals surface area (Å²) >= 11 is 0. The van der Waals surface area contributed by atoms with E-state index in [1.165, 1.54) is 23.1 Å². The molecule has 21 heavy (non-hydrogen) atoms. The predicted octanol–water partition coefficient (Wildman–Crippen LogP) is -0.230. The normalized spacial score (nSPS) is 28.7. The van der Waals surface area contributed by atoms with Crippen LogP contribution in [0, 0.1) is 0 Å². The fourth-order valence-electron chi connectivity index (χ4n) is 2.43. The molecule has 0 aliphatic carbocycles. The zero-order valence-corrected chi connectivity index (χ0v) is 10.7. The lowest BCUT2D eigenvalue weighted by Gasteiger charge is -2.30. The second kappa shape index (κ2) is 4.95. The van der Waals surface area contributed by atoms with Gasteiger partial charge in [0.15, 0.2) is 5.65 Å². The third-order valence-electron chi connectivity index (χ3n) is 3.52. The molecule has 0 saturated carbocycles. The number of pyridine rings is 1. The fourth-order valence-corrected chi connectivity index (χ4v) is 2.43. The lowest BCUT2D eigenvalue weighted by Crippen LogP contribution is -2.49. The van der Waals surface area contributed by atoms with Crippen LogP contribution in [0.5, 0.6) is 0 Å². The third-order valence-corrected chi connectivity index (χ3v) is 3.52. The number of hydrogen-bond acceptors (Lipinski definition) is 7. The fraction of sp³-hybridized carbons (Fsp3) is 0.455. The van der Waals surface area contributed by atoms with Crippen molar-refractivity contribution in [3.8, 4) is 0 Å². The van der Waals surface area contributed by atoms with Crippen LogP contribution in [0.3, 0.4) is 0 Å². The van der Waals surface area contributed by atoms with E-state index < -0.39 is 24.5 Å². The molecule has 1 aliphatic heterocycles. The number of fused-ring (bicyclic) bond motifs is 1. The number of aromatic nitrogens is 3. The van der Waals surface area contributed by atoms with Gasteiger partial charge in [-0.25, -0.2) is 9.67 Å². The van der Waals surface area contributed by atoms with Crippen molar-refractivity contribution in [3.05, 3.63) is 28.9 Å². The summed E-state index contributed by atoms with van der Waals surface area (Å²) in [6, 6.07) is 1.51. The molecule has 10 heteroatoms. The molecule has 1 fully saturated rings. The highest BCUT2D eigenvalue weighted by Gasteiger charge is 2.52. The summed E-state index contributed by atoms with van der Waals surface area (Å²) in [6.45, 7) is -0.742. The molecular formula is C11H12N6O4. The van der Waals surface area contributed by atoms with Crippen molar-refractivity contribution in [2.45, 2.75) is 17.9 Å². The minimum absolute atomic E-state index is 0.140. The van der Waals surface area contributed by atoms with Crippen LogP contribution in [0.25, 0.3) is 21.5 Å². The van der Waals surface area contributed by atoms with E-state index in [1.807, 2.05) is 0 Å². The molecule has 1 aliphatic rings. The quantitative estimate of drug-likeness (QED) is 0.404. The number of nitrogens with zero attached hydrogens (tertiary/aromatic N) is 6. The molecule has 3 rings (SSSR count). The highest BCUT2D eigenvalue weighted by atomic mass is 16.6. The second-order valence-corrected chi connectivity index (χ2v) is 4.64. The predicted molar refractivity (Wildman–Crippen MR) is 69.4 cm³/mol. The van der Waals surface area contributed by atoms with Crippen molar-refractivity contribution in [2.24, 2.45) is 5.11 Å². The summed E-state index contributed by atoms with van der Waals surface area (Å²) in [5.41, 5.74) is 7.50. The van der Waals surface area contributed by atoms with Gasteiger partial charge in [-0.15, -0.1) is 0 Å². The zero-order valence-electron chi connectivity index (χ0n) is 10.7. The Morgan fingerprint density at radius 1 is 1.57 bits per heavy atom. The van der Waals surface area contributed by atoms with Crippen LogP contribution in [0.15, 0.2) is 23.6 Å². The van der Waals surface area contributed by atoms with Gasteiger partial charge in [0.05, 0.1) is 25.1 Å². The maximum atomic E-state index is 10.1. The van der Waals surface area contributed by atoms with Crippen LogP contribution in [0.1, 0.15) is 0 Å². The molecule has 3 atom stereocenters. The van der Waals surface area contributed by atoms with Crippen LogP contribution < -0.4 is 0 Å². The van der Waals surface area contributed by atoms with Gasteiger partial charge in [-0.05, 0) is 11.6 Å². The molecule has 0 unspecified atom stereocenters.